The van der Waals surface area contributed by atoms with Crippen molar-refractivity contribution in [1.29, 1.82) is 0 Å². The largest absolute Gasteiger partial charge is 0.458 e. The van der Waals surface area contributed by atoms with E-state index in [4.69, 9.17) is 4.74 Å². The number of carbonyl (C=O) groups is 1. The molecular weight excluding hydrogens is 423 g/mol. The molecule has 0 amide bonds. The van der Waals surface area contributed by atoms with Crippen LogP contribution in [0, 0.1) is 29.1 Å². The maximum Gasteiger partial charge on any atom is 0.426 e. The van der Waals surface area contributed by atoms with Crippen molar-refractivity contribution in [2.24, 2.45) is 29.1 Å². The number of carbonyl (C=O) groups excluding carboxylic acids is 1. The maximum absolute atomic E-state index is 13.0. The molecule has 12 heteroatoms. The van der Waals surface area contributed by atoms with Crippen molar-refractivity contribution in [3.63, 3.8) is 0 Å². The molecule has 5 unspecified atom stereocenters. The second-order valence-electron chi connectivity index (χ2n) is 8.17. The number of halogens is 9. The van der Waals surface area contributed by atoms with Crippen LogP contribution in [-0.2, 0) is 9.53 Å². The van der Waals surface area contributed by atoms with E-state index in [-0.39, 0.29) is 18.8 Å². The first kappa shape index (κ1) is 22.2. The molecule has 6 atom stereocenters. The predicted octanol–water partition coefficient (Wildman–Crippen LogP) is 4.55. The van der Waals surface area contributed by atoms with Crippen molar-refractivity contribution < 1.29 is 54.2 Å². The van der Waals surface area contributed by atoms with Crippen molar-refractivity contribution >= 4 is 5.97 Å². The number of aliphatic hydroxyl groups is 1. The highest BCUT2D eigenvalue weighted by molar-refractivity contribution is 5.89. The summed E-state index contributed by atoms with van der Waals surface area (Å²) in [5.74, 6) is -4.40. The highest BCUT2D eigenvalue weighted by Gasteiger charge is 2.83. The number of alkyl halides is 9. The first-order valence-electron chi connectivity index (χ1n) is 8.72. The summed E-state index contributed by atoms with van der Waals surface area (Å²) in [4.78, 5) is 11.6. The van der Waals surface area contributed by atoms with E-state index in [0.717, 1.165) is 0 Å². The van der Waals surface area contributed by atoms with Crippen LogP contribution >= 0.6 is 0 Å². The topological polar surface area (TPSA) is 46.5 Å². The fourth-order valence-corrected chi connectivity index (χ4v) is 5.65. The Morgan fingerprint density at radius 1 is 1.07 bits per heavy atom. The molecule has 0 aromatic rings. The van der Waals surface area contributed by atoms with Gasteiger partial charge in [-0.3, -0.25) is 0 Å². The molecule has 0 aromatic heterocycles. The number of esters is 1. The minimum atomic E-state index is -5.94. The molecular formula is C17H17F9O3. The molecule has 0 bridgehead atoms. The average molecular weight is 440 g/mol. The molecule has 1 spiro atoms. The van der Waals surface area contributed by atoms with Gasteiger partial charge in [0.25, 0.3) is 5.60 Å². The molecule has 29 heavy (non-hydrogen) atoms. The Labute approximate surface area is 158 Å². The van der Waals surface area contributed by atoms with Gasteiger partial charge in [-0.2, -0.15) is 39.5 Å². The van der Waals surface area contributed by atoms with E-state index in [1.54, 1.807) is 6.92 Å². The molecule has 3 nitrogen and oxygen atoms in total. The van der Waals surface area contributed by atoms with E-state index < -0.39 is 71.4 Å². The van der Waals surface area contributed by atoms with E-state index in [2.05, 4.69) is 6.58 Å². The Morgan fingerprint density at radius 2 is 1.59 bits per heavy atom. The van der Waals surface area contributed by atoms with Crippen molar-refractivity contribution in [3.05, 3.63) is 12.2 Å². The fraction of sp³-hybridized carbons (Fsp3) is 0.824. The summed E-state index contributed by atoms with van der Waals surface area (Å²) in [6.45, 7) is 4.16. The van der Waals surface area contributed by atoms with Crippen LogP contribution in [0.2, 0.25) is 0 Å². The Balaban J connectivity index is 1.75. The van der Waals surface area contributed by atoms with Gasteiger partial charge in [-0.1, -0.05) is 13.5 Å². The van der Waals surface area contributed by atoms with Crippen molar-refractivity contribution in [2.45, 2.75) is 56.4 Å². The number of rotatable bonds is 4. The fourth-order valence-electron chi connectivity index (χ4n) is 5.65. The minimum Gasteiger partial charge on any atom is -0.458 e. The Hall–Kier alpha value is -1.46. The second-order valence-corrected chi connectivity index (χ2v) is 8.17. The van der Waals surface area contributed by atoms with Crippen LogP contribution in [0.1, 0.15) is 26.2 Å². The monoisotopic (exact) mass is 440 g/mol. The highest BCUT2D eigenvalue weighted by Crippen LogP contribution is 2.82. The summed E-state index contributed by atoms with van der Waals surface area (Å²) in [6, 6.07) is 0. The summed E-state index contributed by atoms with van der Waals surface area (Å²) < 4.78 is 120. The average Bonchev–Trinajstić information content (AvgIpc) is 3.08. The van der Waals surface area contributed by atoms with Crippen LogP contribution in [0.3, 0.4) is 0 Å². The smallest absolute Gasteiger partial charge is 0.426 e. The van der Waals surface area contributed by atoms with E-state index in [0.29, 0.717) is 0 Å². The van der Waals surface area contributed by atoms with Gasteiger partial charge in [-0.25, -0.2) is 4.79 Å². The lowest BCUT2D eigenvalue weighted by Crippen LogP contribution is -2.57. The van der Waals surface area contributed by atoms with Gasteiger partial charge in [-0.05, 0) is 42.9 Å². The molecule has 3 aliphatic rings. The molecule has 0 aliphatic heterocycles. The van der Waals surface area contributed by atoms with E-state index in [1.807, 2.05) is 0 Å². The van der Waals surface area contributed by atoms with Crippen molar-refractivity contribution in [3.8, 4) is 0 Å². The maximum atomic E-state index is 13.0. The number of hydrogen-bond acceptors (Lipinski definition) is 3. The van der Waals surface area contributed by atoms with Gasteiger partial charge < -0.3 is 9.84 Å². The second kappa shape index (κ2) is 6.04. The first-order chi connectivity index (χ1) is 12.9. The molecule has 3 saturated carbocycles. The van der Waals surface area contributed by atoms with Crippen LogP contribution in [-0.4, -0.2) is 41.3 Å². The van der Waals surface area contributed by atoms with Gasteiger partial charge in [-0.15, -0.1) is 0 Å². The standard InChI is InChI=1S/C17H17F9O3/c1-6-11-8(5-13(28,16(21,22)23)17(24,25)26)3-9-4-10(14(6,9)11)29-12(27)7(2)15(18,19)20/h6,8-11,28H,2-5H2,1H3/t6-,8?,9?,10?,11?,14?/m0/s1. The zero-order valence-electron chi connectivity index (χ0n) is 14.9. The molecule has 0 heterocycles. The normalized spacial score (nSPS) is 36.7. The third kappa shape index (κ3) is 2.96. The summed E-state index contributed by atoms with van der Waals surface area (Å²) in [5.41, 5.74) is -7.56. The third-order valence-electron chi connectivity index (χ3n) is 6.99. The molecule has 3 fully saturated rings. The third-order valence-corrected chi connectivity index (χ3v) is 6.99. The Morgan fingerprint density at radius 3 is 2.00 bits per heavy atom. The molecule has 166 valence electrons. The lowest BCUT2D eigenvalue weighted by atomic mass is 9.66. The van der Waals surface area contributed by atoms with Gasteiger partial charge in [0.05, 0.1) is 0 Å². The van der Waals surface area contributed by atoms with Gasteiger partial charge in [0.2, 0.25) is 0 Å². The highest BCUT2D eigenvalue weighted by atomic mass is 19.4. The Kier molecular flexibility index (Phi) is 4.63. The van der Waals surface area contributed by atoms with Gasteiger partial charge in [0.15, 0.2) is 0 Å². The van der Waals surface area contributed by atoms with Crippen molar-refractivity contribution in [2.75, 3.05) is 0 Å². The zero-order chi connectivity index (χ0) is 22.4. The van der Waals surface area contributed by atoms with Crippen LogP contribution in [0.25, 0.3) is 0 Å². The van der Waals surface area contributed by atoms with Crippen LogP contribution in [0.4, 0.5) is 39.5 Å². The van der Waals surface area contributed by atoms with Crippen LogP contribution in [0.15, 0.2) is 12.2 Å². The minimum absolute atomic E-state index is 0.0463. The van der Waals surface area contributed by atoms with Crippen LogP contribution in [0.5, 0.6) is 0 Å². The van der Waals surface area contributed by atoms with Gasteiger partial charge in [0.1, 0.15) is 11.7 Å². The SMILES string of the molecule is C=C(C(=O)OC1CC2CC(CC(O)(C(F)(F)F)C(F)(F)F)C3[C@H](C)C213)C(F)(F)F. The Bertz CT molecular complexity index is 709. The summed E-state index contributed by atoms with van der Waals surface area (Å²) in [6.07, 6.45) is -19.5. The molecule has 1 N–H and O–H groups in total. The molecule has 0 saturated heterocycles. The molecule has 0 radical (unpaired) electrons. The summed E-state index contributed by atoms with van der Waals surface area (Å²) in [7, 11) is 0. The number of ether oxygens (including phenoxy) is 1. The number of hydrogen-bond donors (Lipinski definition) is 1. The van der Waals surface area contributed by atoms with E-state index in [1.165, 1.54) is 0 Å². The van der Waals surface area contributed by atoms with Gasteiger partial charge >= 0.3 is 24.5 Å². The zero-order valence-corrected chi connectivity index (χ0v) is 14.9. The molecule has 3 aliphatic carbocycles. The molecule has 3 rings (SSSR count). The quantitative estimate of drug-likeness (QED) is 0.396. The first-order valence-corrected chi connectivity index (χ1v) is 8.72. The lowest BCUT2D eigenvalue weighted by molar-refractivity contribution is -0.373. The predicted molar refractivity (Wildman–Crippen MR) is 78.1 cm³/mol. The van der Waals surface area contributed by atoms with Crippen LogP contribution < -0.4 is 0 Å². The molecule has 0 aromatic carbocycles. The lowest BCUT2D eigenvalue weighted by Gasteiger charge is -2.44. The summed E-state index contributed by atoms with van der Waals surface area (Å²) in [5, 5.41) is 9.46. The summed E-state index contributed by atoms with van der Waals surface area (Å²) >= 11 is 0. The van der Waals surface area contributed by atoms with Gasteiger partial charge in [0, 0.05) is 5.41 Å². The van der Waals surface area contributed by atoms with Crippen molar-refractivity contribution in [1.82, 2.24) is 0 Å². The van der Waals surface area contributed by atoms with E-state index in [9.17, 15) is 49.4 Å². The van der Waals surface area contributed by atoms with E-state index >= 15 is 0 Å².